The lowest BCUT2D eigenvalue weighted by Crippen LogP contribution is -2.60. The molecule has 1 atom stereocenters. The van der Waals surface area contributed by atoms with Gasteiger partial charge in [-0.25, -0.2) is 0 Å². The molecule has 2 saturated heterocycles. The van der Waals surface area contributed by atoms with Crippen molar-refractivity contribution in [2.45, 2.75) is 44.1 Å². The normalized spacial score (nSPS) is 32.6. The lowest BCUT2D eigenvalue weighted by Gasteiger charge is -2.54. The van der Waals surface area contributed by atoms with E-state index in [1.165, 1.54) is 32.4 Å². The van der Waals surface area contributed by atoms with Crippen LogP contribution < -0.4 is 5.32 Å². The molecule has 3 rings (SSSR count). The SMILES string of the molecule is O=C(O)CC1(N2CCCC(C3CNC3)C2)CCC1. The Morgan fingerprint density at radius 1 is 1.28 bits per heavy atom. The van der Waals surface area contributed by atoms with E-state index in [9.17, 15) is 4.79 Å². The minimum Gasteiger partial charge on any atom is -0.481 e. The Labute approximate surface area is 109 Å². The third-order valence-electron chi connectivity index (χ3n) is 5.37. The highest BCUT2D eigenvalue weighted by Gasteiger charge is 2.46. The molecule has 4 heteroatoms. The smallest absolute Gasteiger partial charge is 0.305 e. The zero-order valence-electron chi connectivity index (χ0n) is 11.0. The van der Waals surface area contributed by atoms with Crippen molar-refractivity contribution in [1.29, 1.82) is 0 Å². The maximum atomic E-state index is 11.1. The summed E-state index contributed by atoms with van der Waals surface area (Å²) in [6.45, 7) is 4.60. The Balaban J connectivity index is 1.64. The molecule has 3 aliphatic rings. The molecular formula is C14H24N2O2. The lowest BCUT2D eigenvalue weighted by molar-refractivity contribution is -0.144. The zero-order valence-corrected chi connectivity index (χ0v) is 11.0. The zero-order chi connectivity index (χ0) is 12.6. The van der Waals surface area contributed by atoms with Gasteiger partial charge in [-0.15, -0.1) is 0 Å². The molecule has 0 aromatic carbocycles. The van der Waals surface area contributed by atoms with Gasteiger partial charge in [0.2, 0.25) is 0 Å². The number of nitrogens with zero attached hydrogens (tertiary/aromatic N) is 1. The number of piperidine rings is 1. The van der Waals surface area contributed by atoms with E-state index in [2.05, 4.69) is 10.2 Å². The van der Waals surface area contributed by atoms with Crippen molar-refractivity contribution >= 4 is 5.97 Å². The topological polar surface area (TPSA) is 52.6 Å². The van der Waals surface area contributed by atoms with E-state index < -0.39 is 5.97 Å². The van der Waals surface area contributed by atoms with Gasteiger partial charge in [-0.3, -0.25) is 9.69 Å². The molecule has 0 bridgehead atoms. The van der Waals surface area contributed by atoms with E-state index >= 15 is 0 Å². The van der Waals surface area contributed by atoms with Gasteiger partial charge in [0.1, 0.15) is 0 Å². The first-order valence-corrected chi connectivity index (χ1v) is 7.37. The maximum absolute atomic E-state index is 11.1. The van der Waals surface area contributed by atoms with Crippen molar-refractivity contribution < 1.29 is 9.90 Å². The summed E-state index contributed by atoms with van der Waals surface area (Å²) >= 11 is 0. The molecule has 0 aromatic heterocycles. The molecule has 0 aromatic rings. The van der Waals surface area contributed by atoms with Crippen LogP contribution in [-0.4, -0.2) is 47.7 Å². The Morgan fingerprint density at radius 2 is 2.06 bits per heavy atom. The molecule has 102 valence electrons. The molecule has 18 heavy (non-hydrogen) atoms. The van der Waals surface area contributed by atoms with Crippen LogP contribution in [0.1, 0.15) is 38.5 Å². The van der Waals surface area contributed by atoms with E-state index in [1.54, 1.807) is 0 Å². The van der Waals surface area contributed by atoms with Gasteiger partial charge in [0.15, 0.2) is 0 Å². The molecule has 2 heterocycles. The largest absolute Gasteiger partial charge is 0.481 e. The molecular weight excluding hydrogens is 228 g/mol. The average molecular weight is 252 g/mol. The summed E-state index contributed by atoms with van der Waals surface area (Å²) in [5.74, 6) is 1.02. The van der Waals surface area contributed by atoms with Crippen molar-refractivity contribution in [3.8, 4) is 0 Å². The van der Waals surface area contributed by atoms with E-state index in [1.807, 2.05) is 0 Å². The van der Waals surface area contributed by atoms with Crippen LogP contribution in [0.5, 0.6) is 0 Å². The van der Waals surface area contributed by atoms with Crippen LogP contribution in [0, 0.1) is 11.8 Å². The van der Waals surface area contributed by atoms with Gasteiger partial charge in [-0.05, 0) is 63.6 Å². The number of aliphatic carboxylic acids is 1. The number of hydrogen-bond donors (Lipinski definition) is 2. The van der Waals surface area contributed by atoms with Gasteiger partial charge in [0.05, 0.1) is 6.42 Å². The van der Waals surface area contributed by atoms with E-state index in [4.69, 9.17) is 5.11 Å². The lowest BCUT2D eigenvalue weighted by atomic mass is 9.70. The Hall–Kier alpha value is -0.610. The van der Waals surface area contributed by atoms with Crippen molar-refractivity contribution in [2.24, 2.45) is 11.8 Å². The van der Waals surface area contributed by atoms with Crippen LogP contribution >= 0.6 is 0 Å². The Morgan fingerprint density at radius 3 is 2.56 bits per heavy atom. The molecule has 0 amide bonds. The van der Waals surface area contributed by atoms with Gasteiger partial charge >= 0.3 is 5.97 Å². The van der Waals surface area contributed by atoms with Crippen LogP contribution in [-0.2, 0) is 4.79 Å². The van der Waals surface area contributed by atoms with Gasteiger partial charge in [0, 0.05) is 12.1 Å². The molecule has 0 radical (unpaired) electrons. The predicted molar refractivity (Wildman–Crippen MR) is 69.5 cm³/mol. The molecule has 1 aliphatic carbocycles. The summed E-state index contributed by atoms with van der Waals surface area (Å²) < 4.78 is 0. The van der Waals surface area contributed by atoms with Gasteiger partial charge in [-0.1, -0.05) is 0 Å². The number of likely N-dealkylation sites (tertiary alicyclic amines) is 1. The second-order valence-corrected chi connectivity index (χ2v) is 6.42. The summed E-state index contributed by atoms with van der Waals surface area (Å²) in [6.07, 6.45) is 6.33. The van der Waals surface area contributed by atoms with Crippen LogP contribution in [0.4, 0.5) is 0 Å². The highest BCUT2D eigenvalue weighted by molar-refractivity contribution is 5.68. The number of nitrogens with one attached hydrogen (secondary N) is 1. The summed E-state index contributed by atoms with van der Waals surface area (Å²) in [4.78, 5) is 13.6. The van der Waals surface area contributed by atoms with Crippen LogP contribution in [0.15, 0.2) is 0 Å². The highest BCUT2D eigenvalue weighted by atomic mass is 16.4. The van der Waals surface area contributed by atoms with Crippen LogP contribution in [0.3, 0.4) is 0 Å². The number of carboxylic acid groups (broad SMARTS) is 1. The van der Waals surface area contributed by atoms with E-state index in [0.29, 0.717) is 6.42 Å². The standard InChI is InChI=1S/C14H24N2O2/c17-13(18)7-14(4-2-5-14)16-6-1-3-11(10-16)12-8-15-9-12/h11-12,15H,1-10H2,(H,17,18). The molecule has 1 saturated carbocycles. The van der Waals surface area contributed by atoms with Crippen molar-refractivity contribution in [2.75, 3.05) is 26.2 Å². The number of carboxylic acids is 1. The van der Waals surface area contributed by atoms with Gasteiger partial charge in [-0.2, -0.15) is 0 Å². The molecule has 4 nitrogen and oxygen atoms in total. The minimum absolute atomic E-state index is 0.0156. The van der Waals surface area contributed by atoms with Gasteiger partial charge in [0.25, 0.3) is 0 Å². The van der Waals surface area contributed by atoms with Crippen LogP contribution in [0.2, 0.25) is 0 Å². The molecule has 0 spiro atoms. The van der Waals surface area contributed by atoms with Crippen molar-refractivity contribution in [1.82, 2.24) is 10.2 Å². The first-order valence-electron chi connectivity index (χ1n) is 7.37. The van der Waals surface area contributed by atoms with E-state index in [-0.39, 0.29) is 5.54 Å². The monoisotopic (exact) mass is 252 g/mol. The second kappa shape index (κ2) is 4.82. The first-order chi connectivity index (χ1) is 8.70. The van der Waals surface area contributed by atoms with E-state index in [0.717, 1.165) is 37.8 Å². The Bertz CT molecular complexity index is 324. The molecule has 1 unspecified atom stereocenters. The molecule has 2 N–H and O–H groups in total. The minimum atomic E-state index is -0.623. The summed E-state index contributed by atoms with van der Waals surface area (Å²) in [5.41, 5.74) is 0.0156. The number of carbonyl (C=O) groups is 1. The second-order valence-electron chi connectivity index (χ2n) is 6.42. The number of rotatable bonds is 4. The van der Waals surface area contributed by atoms with Crippen molar-refractivity contribution in [3.05, 3.63) is 0 Å². The molecule has 3 fully saturated rings. The fraction of sp³-hybridized carbons (Fsp3) is 0.929. The Kier molecular flexibility index (Phi) is 3.32. The maximum Gasteiger partial charge on any atom is 0.305 e. The summed E-state index contributed by atoms with van der Waals surface area (Å²) in [5, 5.41) is 12.5. The number of hydrogen-bond acceptors (Lipinski definition) is 3. The third kappa shape index (κ3) is 2.16. The molecule has 2 aliphatic heterocycles. The van der Waals surface area contributed by atoms with Crippen LogP contribution in [0.25, 0.3) is 0 Å². The first kappa shape index (κ1) is 12.4. The fourth-order valence-electron chi connectivity index (χ4n) is 3.94. The fourth-order valence-corrected chi connectivity index (χ4v) is 3.94. The quantitative estimate of drug-likeness (QED) is 0.792. The predicted octanol–water partition coefficient (Wildman–Crippen LogP) is 1.32. The average Bonchev–Trinajstić information content (AvgIpc) is 2.21. The summed E-state index contributed by atoms with van der Waals surface area (Å²) in [6, 6.07) is 0. The third-order valence-corrected chi connectivity index (χ3v) is 5.37. The van der Waals surface area contributed by atoms with Gasteiger partial charge < -0.3 is 10.4 Å². The summed E-state index contributed by atoms with van der Waals surface area (Å²) in [7, 11) is 0. The van der Waals surface area contributed by atoms with Crippen molar-refractivity contribution in [3.63, 3.8) is 0 Å². The highest BCUT2D eigenvalue weighted by Crippen LogP contribution is 2.43.